The number of aromatic amines is 1. The summed E-state index contributed by atoms with van der Waals surface area (Å²) in [6.45, 7) is 3.83. The van der Waals surface area contributed by atoms with Crippen molar-refractivity contribution < 1.29 is 14.3 Å². The Morgan fingerprint density at radius 3 is 2.47 bits per heavy atom. The summed E-state index contributed by atoms with van der Waals surface area (Å²) >= 11 is 1.65. The Kier molecular flexibility index (Phi) is 6.93. The van der Waals surface area contributed by atoms with Gasteiger partial charge in [-0.1, -0.05) is 6.07 Å². The van der Waals surface area contributed by atoms with Gasteiger partial charge < -0.3 is 9.47 Å². The van der Waals surface area contributed by atoms with Gasteiger partial charge in [-0.2, -0.15) is 0 Å². The molecule has 0 atom stereocenters. The third-order valence-corrected chi connectivity index (χ3v) is 7.23. The van der Waals surface area contributed by atoms with Crippen molar-refractivity contribution in [3.05, 3.63) is 93.9 Å². The highest BCUT2D eigenvalue weighted by Gasteiger charge is 2.20. The van der Waals surface area contributed by atoms with Gasteiger partial charge in [0.25, 0.3) is 5.56 Å². The number of benzene rings is 3. The number of hydrogen-bond acceptors (Lipinski definition) is 7. The number of rotatable bonds is 7. The summed E-state index contributed by atoms with van der Waals surface area (Å²) in [5.41, 5.74) is 5.41. The van der Waals surface area contributed by atoms with Gasteiger partial charge in [-0.25, -0.2) is 9.67 Å². The highest BCUT2D eigenvalue weighted by molar-refractivity contribution is 7.21. The normalized spacial score (nSPS) is 11.6. The first-order valence-electron chi connectivity index (χ1n) is 11.9. The molecule has 0 aliphatic rings. The van der Waals surface area contributed by atoms with E-state index in [0.29, 0.717) is 34.1 Å². The van der Waals surface area contributed by atoms with E-state index in [-0.39, 0.29) is 12.0 Å². The summed E-state index contributed by atoms with van der Waals surface area (Å²) in [7, 11) is 2.89. The zero-order chi connectivity index (χ0) is 26.8. The van der Waals surface area contributed by atoms with Gasteiger partial charge in [-0.15, -0.1) is 11.3 Å². The molecule has 0 fully saturated rings. The largest absolute Gasteiger partial charge is 0.497 e. The topological polar surface area (TPSA) is 98.6 Å². The van der Waals surface area contributed by atoms with Crippen molar-refractivity contribution in [1.29, 1.82) is 0 Å². The number of fused-ring (bicyclic) bond motifs is 1. The van der Waals surface area contributed by atoms with E-state index in [1.165, 1.54) is 17.4 Å². The van der Waals surface area contributed by atoms with Gasteiger partial charge in [-0.05, 0) is 80.1 Å². The second-order valence-electron chi connectivity index (χ2n) is 8.79. The number of esters is 1. The molecule has 9 heteroatoms. The van der Waals surface area contributed by atoms with Crippen molar-refractivity contribution in [2.24, 2.45) is 4.99 Å². The molecule has 0 radical (unpaired) electrons. The number of nitrogens with one attached hydrogen (secondary N) is 1. The van der Waals surface area contributed by atoms with Crippen LogP contribution in [-0.4, -0.2) is 40.7 Å². The van der Waals surface area contributed by atoms with E-state index in [4.69, 9.17) is 19.5 Å². The van der Waals surface area contributed by atoms with Gasteiger partial charge in [0, 0.05) is 5.56 Å². The lowest BCUT2D eigenvalue weighted by Crippen LogP contribution is -2.20. The van der Waals surface area contributed by atoms with Crippen LogP contribution >= 0.6 is 11.3 Å². The molecule has 2 heterocycles. The number of H-pyrrole nitrogens is 1. The molecule has 0 aliphatic heterocycles. The Morgan fingerprint density at radius 1 is 1.05 bits per heavy atom. The molecule has 192 valence electrons. The molecule has 38 heavy (non-hydrogen) atoms. The third kappa shape index (κ3) is 5.01. The summed E-state index contributed by atoms with van der Waals surface area (Å²) in [6, 6.07) is 21.0. The number of nitrogens with zero attached hydrogens (tertiary/aromatic N) is 3. The quantitative estimate of drug-likeness (QED) is 0.219. The van der Waals surface area contributed by atoms with Crippen LogP contribution in [0.15, 0.2) is 76.5 Å². The van der Waals surface area contributed by atoms with Crippen molar-refractivity contribution >= 4 is 38.9 Å². The molecule has 0 spiro atoms. The molecular formula is C29H26N4O4S. The van der Waals surface area contributed by atoms with E-state index in [0.717, 1.165) is 20.8 Å². The summed E-state index contributed by atoms with van der Waals surface area (Å²) in [6.07, 6.45) is -0.0902. The average Bonchev–Trinajstić information content (AvgIpc) is 3.49. The summed E-state index contributed by atoms with van der Waals surface area (Å²) in [4.78, 5) is 35.0. The molecule has 0 saturated carbocycles. The second-order valence-corrected chi connectivity index (χ2v) is 9.82. The molecule has 0 aliphatic carbocycles. The van der Waals surface area contributed by atoms with Gasteiger partial charge >= 0.3 is 5.97 Å². The van der Waals surface area contributed by atoms with Crippen LogP contribution in [0.25, 0.3) is 26.5 Å². The van der Waals surface area contributed by atoms with Crippen LogP contribution in [-0.2, 0) is 16.0 Å². The number of carbonyl (C=O) groups excluding carboxylic acids is 1. The van der Waals surface area contributed by atoms with Crippen molar-refractivity contribution in [2.75, 3.05) is 14.2 Å². The number of thiazole rings is 1. The minimum Gasteiger partial charge on any atom is -0.497 e. The minimum absolute atomic E-state index is 0.0902. The lowest BCUT2D eigenvalue weighted by Gasteiger charge is -2.03. The van der Waals surface area contributed by atoms with Crippen molar-refractivity contribution in [1.82, 2.24) is 14.8 Å². The molecule has 5 rings (SSSR count). The fourth-order valence-corrected chi connectivity index (χ4v) is 5.27. The molecule has 0 unspecified atom stereocenters. The molecule has 0 saturated heterocycles. The van der Waals surface area contributed by atoms with Crippen LogP contribution in [0, 0.1) is 6.92 Å². The lowest BCUT2D eigenvalue weighted by atomic mass is 10.1. The van der Waals surface area contributed by atoms with Crippen molar-refractivity contribution in [3.8, 4) is 22.0 Å². The molecule has 8 nitrogen and oxygen atoms in total. The number of carbonyl (C=O) groups is 1. The van der Waals surface area contributed by atoms with E-state index in [1.54, 1.807) is 49.6 Å². The van der Waals surface area contributed by atoms with Gasteiger partial charge in [0.05, 0.1) is 59.2 Å². The zero-order valence-corrected chi connectivity index (χ0v) is 22.3. The Balaban J connectivity index is 1.49. The number of aromatic nitrogens is 3. The molecule has 0 amide bonds. The Bertz CT molecular complexity index is 1710. The first-order valence-corrected chi connectivity index (χ1v) is 12.8. The maximum Gasteiger partial charge on any atom is 0.311 e. The predicted molar refractivity (Wildman–Crippen MR) is 150 cm³/mol. The SMILES string of the molecule is COC(=O)Cc1[nH]n(-c2ccc(OC)cc2)c(=O)c1C(C)=Nc1ccc(-c2nc3ccc(C)cc3s2)cc1. The lowest BCUT2D eigenvalue weighted by molar-refractivity contribution is -0.139. The van der Waals surface area contributed by atoms with Crippen LogP contribution in [0.3, 0.4) is 0 Å². The molecule has 0 bridgehead atoms. The summed E-state index contributed by atoms with van der Waals surface area (Å²) in [5.74, 6) is 0.211. The van der Waals surface area contributed by atoms with Crippen LogP contribution in [0.5, 0.6) is 5.75 Å². The van der Waals surface area contributed by atoms with E-state index < -0.39 is 5.97 Å². The number of methoxy groups -OCH3 is 2. The monoisotopic (exact) mass is 526 g/mol. The van der Waals surface area contributed by atoms with Gasteiger partial charge in [0.2, 0.25) is 0 Å². The Hall–Kier alpha value is -4.50. The first kappa shape index (κ1) is 25.2. The summed E-state index contributed by atoms with van der Waals surface area (Å²) < 4.78 is 12.6. The molecule has 3 aromatic carbocycles. The smallest absolute Gasteiger partial charge is 0.311 e. The first-order chi connectivity index (χ1) is 18.4. The molecule has 1 N–H and O–H groups in total. The fourth-order valence-electron chi connectivity index (χ4n) is 4.20. The standard InChI is InChI=1S/C29H26N4O4S/c1-17-5-14-23-25(15-17)38-28(31-23)19-6-8-20(9-7-19)30-18(2)27-24(16-26(34)37-4)32-33(29(27)35)21-10-12-22(36-3)13-11-21/h5-15,32H,16H2,1-4H3. The van der Waals surface area contributed by atoms with Gasteiger partial charge in [0.15, 0.2) is 0 Å². The van der Waals surface area contributed by atoms with E-state index in [2.05, 4.69) is 24.2 Å². The Morgan fingerprint density at radius 2 is 1.79 bits per heavy atom. The number of ether oxygens (including phenoxy) is 2. The zero-order valence-electron chi connectivity index (χ0n) is 21.4. The van der Waals surface area contributed by atoms with E-state index in [1.807, 2.05) is 30.3 Å². The minimum atomic E-state index is -0.461. The van der Waals surface area contributed by atoms with E-state index >= 15 is 0 Å². The number of aryl methyl sites for hydroxylation is 1. The maximum absolute atomic E-state index is 13.5. The molecule has 2 aromatic heterocycles. The van der Waals surface area contributed by atoms with Crippen molar-refractivity contribution in [3.63, 3.8) is 0 Å². The highest BCUT2D eigenvalue weighted by atomic mass is 32.1. The van der Waals surface area contributed by atoms with Gasteiger partial charge in [0.1, 0.15) is 10.8 Å². The Labute approximate surface area is 223 Å². The average molecular weight is 527 g/mol. The van der Waals surface area contributed by atoms with Crippen LogP contribution in [0.1, 0.15) is 23.7 Å². The summed E-state index contributed by atoms with van der Waals surface area (Å²) in [5, 5.41) is 3.99. The van der Waals surface area contributed by atoms with Crippen LogP contribution in [0.2, 0.25) is 0 Å². The highest BCUT2D eigenvalue weighted by Crippen LogP contribution is 2.31. The number of aliphatic imine (C=N–C) groups is 1. The van der Waals surface area contributed by atoms with Crippen LogP contribution in [0.4, 0.5) is 5.69 Å². The molecular weight excluding hydrogens is 500 g/mol. The predicted octanol–water partition coefficient (Wildman–Crippen LogP) is 5.62. The number of hydrogen-bond donors (Lipinski definition) is 1. The second kappa shape index (κ2) is 10.5. The van der Waals surface area contributed by atoms with Crippen LogP contribution < -0.4 is 10.3 Å². The fraction of sp³-hybridized carbons (Fsp3) is 0.172. The van der Waals surface area contributed by atoms with E-state index in [9.17, 15) is 9.59 Å². The van der Waals surface area contributed by atoms with Crippen molar-refractivity contribution in [2.45, 2.75) is 20.3 Å². The van der Waals surface area contributed by atoms with Gasteiger partial charge in [-0.3, -0.25) is 19.7 Å². The molecule has 5 aromatic rings. The third-order valence-electron chi connectivity index (χ3n) is 6.16. The maximum atomic E-state index is 13.5.